The van der Waals surface area contributed by atoms with E-state index in [1.54, 1.807) is 11.6 Å². The van der Waals surface area contributed by atoms with Crippen LogP contribution in [0.5, 0.6) is 0 Å². The van der Waals surface area contributed by atoms with Crippen LogP contribution in [0.25, 0.3) is 5.69 Å². The molecule has 1 aliphatic rings. The first-order valence-electron chi connectivity index (χ1n) is 10.5. The number of para-hydroxylation sites is 1. The first-order valence-corrected chi connectivity index (χ1v) is 10.5. The molecular weight excluding hydrogens is 392 g/mol. The summed E-state index contributed by atoms with van der Waals surface area (Å²) in [5.41, 5.74) is 4.30. The van der Waals surface area contributed by atoms with Crippen molar-refractivity contribution in [3.8, 4) is 5.69 Å². The summed E-state index contributed by atoms with van der Waals surface area (Å²) in [6, 6.07) is 17.3. The number of ether oxygens (including phenoxy) is 1. The molecule has 1 fully saturated rings. The minimum atomic E-state index is -0.559. The third-order valence-electron chi connectivity index (χ3n) is 5.45. The van der Waals surface area contributed by atoms with Crippen molar-refractivity contribution in [3.05, 3.63) is 71.5 Å². The third-order valence-corrected chi connectivity index (χ3v) is 5.45. The van der Waals surface area contributed by atoms with Crippen LogP contribution >= 0.6 is 0 Å². The van der Waals surface area contributed by atoms with Crippen molar-refractivity contribution >= 4 is 23.3 Å². The lowest BCUT2D eigenvalue weighted by Crippen LogP contribution is -2.21. The predicted molar refractivity (Wildman–Crippen MR) is 120 cm³/mol. The normalized spacial score (nSPS) is 13.3. The highest BCUT2D eigenvalue weighted by molar-refractivity contribution is 5.96. The molecule has 0 unspecified atom stereocenters. The number of carbonyl (C=O) groups excluding carboxylic acids is 2. The zero-order valence-electron chi connectivity index (χ0n) is 17.8. The predicted octanol–water partition coefficient (Wildman–Crippen LogP) is 3.88. The molecule has 0 atom stereocenters. The minimum absolute atomic E-state index is 0.359. The molecule has 0 aliphatic carbocycles. The maximum absolute atomic E-state index is 12.6. The fourth-order valence-electron chi connectivity index (χ4n) is 3.89. The van der Waals surface area contributed by atoms with Crippen molar-refractivity contribution in [2.24, 2.45) is 0 Å². The molecule has 1 aliphatic heterocycles. The van der Waals surface area contributed by atoms with Gasteiger partial charge < -0.3 is 15.0 Å². The molecule has 1 aromatic heterocycles. The lowest BCUT2D eigenvalue weighted by atomic mass is 10.2. The lowest BCUT2D eigenvalue weighted by Gasteiger charge is -2.17. The van der Waals surface area contributed by atoms with Gasteiger partial charge in [-0.2, -0.15) is 5.10 Å². The number of rotatable bonds is 6. The van der Waals surface area contributed by atoms with Gasteiger partial charge in [-0.25, -0.2) is 9.48 Å². The monoisotopic (exact) mass is 418 g/mol. The Morgan fingerprint density at radius 1 is 0.968 bits per heavy atom. The van der Waals surface area contributed by atoms with Crippen LogP contribution in [0.15, 0.2) is 54.6 Å². The second kappa shape index (κ2) is 9.04. The Morgan fingerprint density at radius 2 is 1.65 bits per heavy atom. The summed E-state index contributed by atoms with van der Waals surface area (Å²) in [4.78, 5) is 27.2. The Labute approximate surface area is 181 Å². The number of amides is 1. The fraction of sp³-hybridized carbons (Fsp3) is 0.292. The van der Waals surface area contributed by atoms with Crippen molar-refractivity contribution in [2.45, 2.75) is 26.7 Å². The van der Waals surface area contributed by atoms with E-state index in [0.29, 0.717) is 22.6 Å². The molecule has 2 heterocycles. The standard InChI is InChI=1S/C24H26N4O3/c1-17-23(18(2)28(26-17)21-8-4-3-5-9-21)24(30)31-16-22(29)25-19-10-12-20(13-11-19)27-14-6-7-15-27/h3-5,8-13H,6-7,14-16H2,1-2H3,(H,25,29). The molecule has 3 aromatic rings. The molecule has 1 N–H and O–H groups in total. The highest BCUT2D eigenvalue weighted by Gasteiger charge is 2.21. The number of hydrogen-bond donors (Lipinski definition) is 1. The second-order valence-electron chi connectivity index (χ2n) is 7.66. The first kappa shape index (κ1) is 20.7. The number of anilines is 2. The summed E-state index contributed by atoms with van der Waals surface area (Å²) in [7, 11) is 0. The molecule has 0 bridgehead atoms. The van der Waals surface area contributed by atoms with E-state index in [4.69, 9.17) is 4.74 Å². The molecule has 2 aromatic carbocycles. The molecule has 1 amide bonds. The smallest absolute Gasteiger partial charge is 0.342 e. The average molecular weight is 418 g/mol. The average Bonchev–Trinajstić information content (AvgIpc) is 3.41. The van der Waals surface area contributed by atoms with Crippen LogP contribution in [-0.4, -0.2) is 41.4 Å². The van der Waals surface area contributed by atoms with Gasteiger partial charge in [0.1, 0.15) is 5.56 Å². The second-order valence-corrected chi connectivity index (χ2v) is 7.66. The SMILES string of the molecule is Cc1nn(-c2ccccc2)c(C)c1C(=O)OCC(=O)Nc1ccc(N2CCCC2)cc1. The Bertz CT molecular complexity index is 1070. The number of benzene rings is 2. The molecule has 4 rings (SSSR count). The van der Waals surface area contributed by atoms with Gasteiger partial charge in [-0.1, -0.05) is 18.2 Å². The van der Waals surface area contributed by atoms with E-state index in [9.17, 15) is 9.59 Å². The summed E-state index contributed by atoms with van der Waals surface area (Å²) in [6.07, 6.45) is 2.43. The number of hydrogen-bond acceptors (Lipinski definition) is 5. The minimum Gasteiger partial charge on any atom is -0.452 e. The number of nitrogens with zero attached hydrogens (tertiary/aromatic N) is 3. The van der Waals surface area contributed by atoms with Crippen LogP contribution < -0.4 is 10.2 Å². The summed E-state index contributed by atoms with van der Waals surface area (Å²) < 4.78 is 6.97. The third kappa shape index (κ3) is 4.60. The maximum atomic E-state index is 12.6. The van der Waals surface area contributed by atoms with Crippen LogP contribution in [0.3, 0.4) is 0 Å². The molecule has 0 radical (unpaired) electrons. The zero-order valence-corrected chi connectivity index (χ0v) is 17.8. The fourth-order valence-corrected chi connectivity index (χ4v) is 3.89. The van der Waals surface area contributed by atoms with Crippen LogP contribution in [0.2, 0.25) is 0 Å². The van der Waals surface area contributed by atoms with Crippen LogP contribution in [0.4, 0.5) is 11.4 Å². The van der Waals surface area contributed by atoms with E-state index in [-0.39, 0.29) is 12.5 Å². The lowest BCUT2D eigenvalue weighted by molar-refractivity contribution is -0.119. The van der Waals surface area contributed by atoms with Crippen molar-refractivity contribution in [1.29, 1.82) is 0 Å². The van der Waals surface area contributed by atoms with E-state index >= 15 is 0 Å². The van der Waals surface area contributed by atoms with E-state index in [2.05, 4.69) is 15.3 Å². The molecule has 7 nitrogen and oxygen atoms in total. The molecule has 0 saturated carbocycles. The highest BCUT2D eigenvalue weighted by Crippen LogP contribution is 2.22. The number of aromatic nitrogens is 2. The Morgan fingerprint density at radius 3 is 2.32 bits per heavy atom. The molecule has 160 valence electrons. The van der Waals surface area contributed by atoms with Gasteiger partial charge in [0.05, 0.1) is 17.1 Å². The molecule has 0 spiro atoms. The largest absolute Gasteiger partial charge is 0.452 e. The topological polar surface area (TPSA) is 76.5 Å². The maximum Gasteiger partial charge on any atom is 0.342 e. The van der Waals surface area contributed by atoms with Gasteiger partial charge >= 0.3 is 5.97 Å². The summed E-state index contributed by atoms with van der Waals surface area (Å²) in [6.45, 7) is 5.35. The molecule has 31 heavy (non-hydrogen) atoms. The van der Waals surface area contributed by atoms with Crippen LogP contribution in [0.1, 0.15) is 34.6 Å². The van der Waals surface area contributed by atoms with Gasteiger partial charge in [-0.3, -0.25) is 4.79 Å². The van der Waals surface area contributed by atoms with Gasteiger partial charge in [0.15, 0.2) is 6.61 Å². The summed E-state index contributed by atoms with van der Waals surface area (Å²) in [5.74, 6) is -0.940. The summed E-state index contributed by atoms with van der Waals surface area (Å²) in [5, 5.41) is 7.22. The number of aryl methyl sites for hydroxylation is 1. The Hall–Kier alpha value is -3.61. The first-order chi connectivity index (χ1) is 15.0. The Kier molecular flexibility index (Phi) is 6.02. The number of esters is 1. The number of carbonyl (C=O) groups is 2. The van der Waals surface area contributed by atoms with Gasteiger partial charge in [0.25, 0.3) is 5.91 Å². The molecular formula is C24H26N4O3. The molecule has 1 saturated heterocycles. The van der Waals surface area contributed by atoms with Crippen molar-refractivity contribution in [1.82, 2.24) is 9.78 Å². The van der Waals surface area contributed by atoms with E-state index in [1.165, 1.54) is 12.8 Å². The Balaban J connectivity index is 1.35. The van der Waals surface area contributed by atoms with Crippen molar-refractivity contribution < 1.29 is 14.3 Å². The number of nitrogens with one attached hydrogen (secondary N) is 1. The van der Waals surface area contributed by atoms with E-state index in [0.717, 1.165) is 24.5 Å². The van der Waals surface area contributed by atoms with Gasteiger partial charge in [-0.05, 0) is 63.1 Å². The highest BCUT2D eigenvalue weighted by atomic mass is 16.5. The quantitative estimate of drug-likeness (QED) is 0.615. The van der Waals surface area contributed by atoms with Gasteiger partial charge in [0, 0.05) is 24.5 Å². The molecule has 7 heteroatoms. The van der Waals surface area contributed by atoms with Crippen molar-refractivity contribution in [2.75, 3.05) is 29.9 Å². The summed E-state index contributed by atoms with van der Waals surface area (Å²) >= 11 is 0. The van der Waals surface area contributed by atoms with Crippen molar-refractivity contribution in [3.63, 3.8) is 0 Å². The van der Waals surface area contributed by atoms with Gasteiger partial charge in [-0.15, -0.1) is 0 Å². The zero-order chi connectivity index (χ0) is 21.8. The van der Waals surface area contributed by atoms with Crippen LogP contribution in [-0.2, 0) is 9.53 Å². The van der Waals surface area contributed by atoms with Crippen LogP contribution in [0, 0.1) is 13.8 Å². The van der Waals surface area contributed by atoms with Gasteiger partial charge in [0.2, 0.25) is 0 Å². The van der Waals surface area contributed by atoms with E-state index in [1.807, 2.05) is 61.5 Å². The van der Waals surface area contributed by atoms with E-state index < -0.39 is 5.97 Å².